The summed E-state index contributed by atoms with van der Waals surface area (Å²) in [4.78, 5) is 4.77. The first-order valence-electron chi connectivity index (χ1n) is 4.32. The summed E-state index contributed by atoms with van der Waals surface area (Å²) in [5.74, 6) is 0.675. The van der Waals surface area contributed by atoms with E-state index in [1.54, 1.807) is 30.1 Å². The molecule has 15 heavy (non-hydrogen) atoms. The highest BCUT2D eigenvalue weighted by Crippen LogP contribution is 2.17. The summed E-state index contributed by atoms with van der Waals surface area (Å²) in [6.45, 7) is 1.80. The largest absolute Gasteiger partial charge is 0.220 e. The molecule has 0 radical (unpaired) electrons. The van der Waals surface area contributed by atoms with Gasteiger partial charge in [-0.1, -0.05) is 0 Å². The highest BCUT2D eigenvalue weighted by atomic mass is 32.1. The fraction of sp³-hybridized carbons (Fsp3) is 0.100. The number of hydrogen-bond acceptors (Lipinski definition) is 4. The molecule has 1 heterocycles. The molecule has 1 aromatic heterocycles. The molecule has 0 spiro atoms. The predicted octanol–water partition coefficient (Wildman–Crippen LogP) is 1.74. The Morgan fingerprint density at radius 2 is 2.27 bits per heavy atom. The van der Waals surface area contributed by atoms with Crippen molar-refractivity contribution in [2.45, 2.75) is 11.8 Å². The van der Waals surface area contributed by atoms with Crippen molar-refractivity contribution in [1.29, 1.82) is 5.26 Å². The molecule has 0 aliphatic heterocycles. The SMILES string of the molecule is Cc1ncn(-c2ccc(S)cc2C#N)n1. The van der Waals surface area contributed by atoms with E-state index < -0.39 is 0 Å². The maximum Gasteiger partial charge on any atom is 0.147 e. The minimum absolute atomic E-state index is 0.535. The zero-order chi connectivity index (χ0) is 10.8. The Hall–Kier alpha value is -1.80. The summed E-state index contributed by atoms with van der Waals surface area (Å²) >= 11 is 4.18. The third-order valence-electron chi connectivity index (χ3n) is 1.95. The van der Waals surface area contributed by atoms with Crippen LogP contribution in [-0.2, 0) is 0 Å². The topological polar surface area (TPSA) is 54.5 Å². The second-order valence-electron chi connectivity index (χ2n) is 3.05. The molecule has 0 saturated heterocycles. The third kappa shape index (κ3) is 1.85. The Labute approximate surface area is 92.6 Å². The lowest BCUT2D eigenvalue weighted by molar-refractivity contribution is 0.858. The van der Waals surface area contributed by atoms with Gasteiger partial charge in [0.05, 0.1) is 11.3 Å². The zero-order valence-electron chi connectivity index (χ0n) is 8.05. The lowest BCUT2D eigenvalue weighted by atomic mass is 10.2. The van der Waals surface area contributed by atoms with Crippen LogP contribution >= 0.6 is 12.6 Å². The zero-order valence-corrected chi connectivity index (χ0v) is 8.94. The second-order valence-corrected chi connectivity index (χ2v) is 3.57. The van der Waals surface area contributed by atoms with Crippen molar-refractivity contribution in [3.63, 3.8) is 0 Å². The average Bonchev–Trinajstić information content (AvgIpc) is 2.64. The van der Waals surface area contributed by atoms with Gasteiger partial charge in [-0.3, -0.25) is 0 Å². The molecule has 0 fully saturated rings. The fourth-order valence-electron chi connectivity index (χ4n) is 1.28. The standard InChI is InChI=1S/C10H8N4S/c1-7-12-6-14(13-7)10-3-2-9(15)4-8(10)5-11/h2-4,6,15H,1H3. The summed E-state index contributed by atoms with van der Waals surface area (Å²) < 4.78 is 1.58. The van der Waals surface area contributed by atoms with Crippen LogP contribution in [0.3, 0.4) is 0 Å². The average molecular weight is 216 g/mol. The van der Waals surface area contributed by atoms with Crippen molar-refractivity contribution in [3.8, 4) is 11.8 Å². The molecular formula is C10H8N4S. The molecule has 5 heteroatoms. The van der Waals surface area contributed by atoms with E-state index in [2.05, 4.69) is 28.8 Å². The summed E-state index contributed by atoms with van der Waals surface area (Å²) in [5.41, 5.74) is 1.25. The van der Waals surface area contributed by atoms with Crippen LogP contribution in [0.5, 0.6) is 0 Å². The molecule has 0 atom stereocenters. The number of rotatable bonds is 1. The summed E-state index contributed by atoms with van der Waals surface area (Å²) in [5, 5.41) is 13.1. The van der Waals surface area contributed by atoms with Crippen molar-refractivity contribution in [1.82, 2.24) is 14.8 Å². The van der Waals surface area contributed by atoms with E-state index in [1.807, 2.05) is 6.07 Å². The van der Waals surface area contributed by atoms with Crippen LogP contribution in [0.1, 0.15) is 11.4 Å². The maximum atomic E-state index is 8.97. The van der Waals surface area contributed by atoms with Gasteiger partial charge in [0.15, 0.2) is 0 Å². The first kappa shape index (κ1) is 9.74. The molecule has 0 saturated carbocycles. The van der Waals surface area contributed by atoms with Gasteiger partial charge >= 0.3 is 0 Å². The number of thiol groups is 1. The Bertz CT molecular complexity index is 539. The molecule has 0 amide bonds. The molecule has 0 aliphatic carbocycles. The van der Waals surface area contributed by atoms with Crippen LogP contribution < -0.4 is 0 Å². The van der Waals surface area contributed by atoms with E-state index in [-0.39, 0.29) is 0 Å². The Morgan fingerprint density at radius 3 is 2.87 bits per heavy atom. The number of hydrogen-bond donors (Lipinski definition) is 1. The van der Waals surface area contributed by atoms with Gasteiger partial charge in [-0.05, 0) is 25.1 Å². The quantitative estimate of drug-likeness (QED) is 0.739. The van der Waals surface area contributed by atoms with Crippen LogP contribution in [0.2, 0.25) is 0 Å². The Balaban J connectivity index is 2.58. The minimum Gasteiger partial charge on any atom is -0.220 e. The molecule has 0 N–H and O–H groups in total. The molecule has 2 aromatic rings. The molecule has 74 valence electrons. The van der Waals surface area contributed by atoms with E-state index in [0.29, 0.717) is 11.4 Å². The smallest absolute Gasteiger partial charge is 0.147 e. The van der Waals surface area contributed by atoms with Crippen molar-refractivity contribution < 1.29 is 0 Å². The summed E-state index contributed by atoms with van der Waals surface area (Å²) in [6.07, 6.45) is 1.59. The minimum atomic E-state index is 0.535. The van der Waals surface area contributed by atoms with Gasteiger partial charge in [0.25, 0.3) is 0 Å². The van der Waals surface area contributed by atoms with Gasteiger partial charge in [0, 0.05) is 4.90 Å². The van der Waals surface area contributed by atoms with E-state index in [1.165, 1.54) is 0 Å². The van der Waals surface area contributed by atoms with Gasteiger partial charge in [0.2, 0.25) is 0 Å². The molecule has 4 nitrogen and oxygen atoms in total. The van der Waals surface area contributed by atoms with Crippen molar-refractivity contribution >= 4 is 12.6 Å². The first-order chi connectivity index (χ1) is 7.20. The van der Waals surface area contributed by atoms with Crippen LogP contribution in [0.15, 0.2) is 29.4 Å². The number of aromatic nitrogens is 3. The molecular weight excluding hydrogens is 208 g/mol. The third-order valence-corrected chi connectivity index (χ3v) is 2.23. The molecule has 0 aliphatic rings. The molecule has 0 bridgehead atoms. The van der Waals surface area contributed by atoms with Gasteiger partial charge in [-0.2, -0.15) is 10.4 Å². The molecule has 1 aromatic carbocycles. The first-order valence-corrected chi connectivity index (χ1v) is 4.77. The normalized spacial score (nSPS) is 9.93. The summed E-state index contributed by atoms with van der Waals surface area (Å²) in [6, 6.07) is 7.43. The number of nitriles is 1. The lowest BCUT2D eigenvalue weighted by Gasteiger charge is -2.03. The highest BCUT2D eigenvalue weighted by Gasteiger charge is 2.05. The van der Waals surface area contributed by atoms with Gasteiger partial charge < -0.3 is 0 Å². The Morgan fingerprint density at radius 1 is 1.47 bits per heavy atom. The van der Waals surface area contributed by atoms with Gasteiger partial charge in [0.1, 0.15) is 18.2 Å². The van der Waals surface area contributed by atoms with E-state index in [0.717, 1.165) is 10.6 Å². The van der Waals surface area contributed by atoms with Crippen molar-refractivity contribution in [2.24, 2.45) is 0 Å². The van der Waals surface area contributed by atoms with Crippen molar-refractivity contribution in [3.05, 3.63) is 35.9 Å². The molecule has 2 rings (SSSR count). The van der Waals surface area contributed by atoms with Crippen molar-refractivity contribution in [2.75, 3.05) is 0 Å². The van der Waals surface area contributed by atoms with Crippen LogP contribution in [0.25, 0.3) is 5.69 Å². The number of nitrogens with zero attached hydrogens (tertiary/aromatic N) is 4. The summed E-state index contributed by atoms with van der Waals surface area (Å²) in [7, 11) is 0. The van der Waals surface area contributed by atoms with Crippen LogP contribution in [-0.4, -0.2) is 14.8 Å². The van der Waals surface area contributed by atoms with E-state index >= 15 is 0 Å². The highest BCUT2D eigenvalue weighted by molar-refractivity contribution is 7.80. The maximum absolute atomic E-state index is 8.97. The lowest BCUT2D eigenvalue weighted by Crippen LogP contribution is -1.98. The van der Waals surface area contributed by atoms with E-state index in [9.17, 15) is 0 Å². The Kier molecular flexibility index (Phi) is 2.44. The fourth-order valence-corrected chi connectivity index (χ4v) is 1.48. The van der Waals surface area contributed by atoms with Gasteiger partial charge in [-0.25, -0.2) is 9.67 Å². The predicted molar refractivity (Wildman–Crippen MR) is 58.1 cm³/mol. The number of benzene rings is 1. The van der Waals surface area contributed by atoms with Gasteiger partial charge in [-0.15, -0.1) is 12.6 Å². The number of aryl methyl sites for hydroxylation is 1. The van der Waals surface area contributed by atoms with E-state index in [4.69, 9.17) is 5.26 Å². The van der Waals surface area contributed by atoms with Crippen LogP contribution in [0.4, 0.5) is 0 Å². The second kappa shape index (κ2) is 3.75. The monoisotopic (exact) mass is 216 g/mol. The molecule has 0 unspecified atom stereocenters. The van der Waals surface area contributed by atoms with Crippen LogP contribution in [0, 0.1) is 18.3 Å².